The van der Waals surface area contributed by atoms with Gasteiger partial charge in [-0.15, -0.1) is 0 Å². The van der Waals surface area contributed by atoms with E-state index >= 15 is 0 Å². The first-order valence-corrected chi connectivity index (χ1v) is 19.3. The normalized spacial score (nSPS) is 13.3. The third-order valence-electron chi connectivity index (χ3n) is 10.9. The van der Waals surface area contributed by atoms with Crippen molar-refractivity contribution in [1.29, 1.82) is 0 Å². The van der Waals surface area contributed by atoms with E-state index in [2.05, 4.69) is 173 Å². The van der Waals surface area contributed by atoms with Crippen LogP contribution in [0.4, 0.5) is 22.7 Å². The molecule has 1 aliphatic heterocycles. The largest absolute Gasteiger partial charge is 0.457 e. The molecule has 0 unspecified atom stereocenters. The third-order valence-corrected chi connectivity index (χ3v) is 10.9. The summed E-state index contributed by atoms with van der Waals surface area (Å²) in [6.45, 7) is 21.2. The third kappa shape index (κ3) is 6.27. The molecule has 0 saturated heterocycles. The highest BCUT2D eigenvalue weighted by Gasteiger charge is 2.32. The van der Waals surface area contributed by atoms with Crippen LogP contribution < -0.4 is 14.5 Å². The molecule has 3 aromatic heterocycles. The zero-order chi connectivity index (χ0) is 37.9. The highest BCUT2D eigenvalue weighted by Crippen LogP contribution is 2.49. The van der Waals surface area contributed by atoms with Crippen LogP contribution in [0.15, 0.2) is 116 Å². The van der Waals surface area contributed by atoms with E-state index in [1.807, 2.05) is 24.7 Å². The van der Waals surface area contributed by atoms with E-state index in [4.69, 9.17) is 9.72 Å². The quantitative estimate of drug-likeness (QED) is 0.157. The van der Waals surface area contributed by atoms with Gasteiger partial charge in [0.2, 0.25) is 0 Å². The Hall–Kier alpha value is -5.62. The van der Waals surface area contributed by atoms with Gasteiger partial charge in [-0.2, -0.15) is 0 Å². The fourth-order valence-corrected chi connectivity index (χ4v) is 7.87. The Morgan fingerprint density at radius 2 is 1.35 bits per heavy atom. The molecule has 7 aromatic rings. The van der Waals surface area contributed by atoms with Crippen molar-refractivity contribution in [2.45, 2.75) is 85.5 Å². The molecule has 0 radical (unpaired) electrons. The summed E-state index contributed by atoms with van der Waals surface area (Å²) in [7, 11) is 0. The lowest BCUT2D eigenvalue weighted by Gasteiger charge is -2.30. The molecule has 0 bridgehead atoms. The molecule has 4 heterocycles. The zero-order valence-electron chi connectivity index (χ0n) is 33.1. The Morgan fingerprint density at radius 1 is 0.630 bits per heavy atom. The second kappa shape index (κ2) is 13.7. The van der Waals surface area contributed by atoms with Gasteiger partial charge in [0.25, 0.3) is 0 Å². The Labute approximate surface area is 320 Å². The first-order chi connectivity index (χ1) is 25.9. The summed E-state index contributed by atoms with van der Waals surface area (Å²) in [5.41, 5.74) is 12.2. The SMILES string of the molecule is CC(C)c1cc(C(C)C)c(N2CN(c3cccc(Oc4ccc5c6ccccc6n(-c6cc(C(C)(C)C)ccn6)c5c4)c3)c3ccncc32)c(C(C)C)c1. The van der Waals surface area contributed by atoms with Gasteiger partial charge in [0, 0.05) is 46.7 Å². The maximum atomic E-state index is 6.70. The van der Waals surface area contributed by atoms with Crippen molar-refractivity contribution >= 4 is 44.6 Å². The lowest BCUT2D eigenvalue weighted by Crippen LogP contribution is -2.26. The molecule has 6 nitrogen and oxygen atoms in total. The first-order valence-electron chi connectivity index (χ1n) is 19.3. The number of ether oxygens (including phenoxy) is 1. The smallest absolute Gasteiger partial charge is 0.137 e. The van der Waals surface area contributed by atoms with Crippen LogP contribution in [0.25, 0.3) is 27.6 Å². The van der Waals surface area contributed by atoms with Crippen molar-refractivity contribution in [2.24, 2.45) is 0 Å². The van der Waals surface area contributed by atoms with Crippen molar-refractivity contribution in [3.05, 3.63) is 138 Å². The maximum Gasteiger partial charge on any atom is 0.137 e. The van der Waals surface area contributed by atoms with Crippen LogP contribution in [-0.2, 0) is 5.41 Å². The predicted molar refractivity (Wildman–Crippen MR) is 226 cm³/mol. The van der Waals surface area contributed by atoms with Crippen LogP contribution in [0.3, 0.4) is 0 Å². The number of rotatable bonds is 8. The molecule has 0 spiro atoms. The number of fused-ring (bicyclic) bond motifs is 4. The maximum absolute atomic E-state index is 6.70. The van der Waals surface area contributed by atoms with E-state index in [-0.39, 0.29) is 5.41 Å². The van der Waals surface area contributed by atoms with E-state index in [1.54, 1.807) is 0 Å². The molecule has 0 aliphatic carbocycles. The number of anilines is 4. The Kier molecular flexibility index (Phi) is 8.96. The van der Waals surface area contributed by atoms with E-state index in [9.17, 15) is 0 Å². The van der Waals surface area contributed by atoms with Crippen LogP contribution in [0.2, 0.25) is 0 Å². The number of pyridine rings is 2. The minimum atomic E-state index is 0.00491. The van der Waals surface area contributed by atoms with E-state index in [0.29, 0.717) is 24.4 Å². The fourth-order valence-electron chi connectivity index (χ4n) is 7.87. The average molecular weight is 714 g/mol. The second-order valence-electron chi connectivity index (χ2n) is 16.7. The highest BCUT2D eigenvalue weighted by molar-refractivity contribution is 6.09. The van der Waals surface area contributed by atoms with E-state index in [0.717, 1.165) is 45.4 Å². The summed E-state index contributed by atoms with van der Waals surface area (Å²) in [6.07, 6.45) is 5.83. The summed E-state index contributed by atoms with van der Waals surface area (Å²) in [4.78, 5) is 14.3. The average Bonchev–Trinajstić information content (AvgIpc) is 3.70. The molecule has 4 aromatic carbocycles. The lowest BCUT2D eigenvalue weighted by molar-refractivity contribution is 0.483. The molecular weight excluding hydrogens is 663 g/mol. The van der Waals surface area contributed by atoms with Crippen molar-refractivity contribution in [3.63, 3.8) is 0 Å². The Balaban J connectivity index is 1.17. The summed E-state index contributed by atoms with van der Waals surface area (Å²) in [6, 6.07) is 34.7. The first kappa shape index (κ1) is 35.4. The molecule has 8 rings (SSSR count). The van der Waals surface area contributed by atoms with Crippen LogP contribution in [0.1, 0.15) is 102 Å². The molecule has 0 atom stereocenters. The number of nitrogens with zero attached hydrogens (tertiary/aromatic N) is 5. The summed E-state index contributed by atoms with van der Waals surface area (Å²) in [5, 5.41) is 2.36. The standard InChI is InChI=1S/C48H51N5O/c1-30(2)33-23-40(31(3)4)47(41(24-33)32(5)6)52-29-51(43-20-21-49-28-45(43)52)35-13-12-14-36(26-35)54-37-17-18-39-38-15-10-11-16-42(38)53(44(39)27-37)46-25-34(19-22-50-46)48(7,8)9/h10-28,30-32H,29H2,1-9H3. The minimum Gasteiger partial charge on any atom is -0.457 e. The molecule has 0 saturated carbocycles. The molecule has 6 heteroatoms. The van der Waals surface area contributed by atoms with E-state index < -0.39 is 0 Å². The minimum absolute atomic E-state index is 0.00491. The van der Waals surface area contributed by atoms with Crippen LogP contribution in [0.5, 0.6) is 11.5 Å². The number of hydrogen-bond acceptors (Lipinski definition) is 5. The summed E-state index contributed by atoms with van der Waals surface area (Å²) >= 11 is 0. The molecule has 274 valence electrons. The van der Waals surface area contributed by atoms with Gasteiger partial charge < -0.3 is 14.5 Å². The molecule has 54 heavy (non-hydrogen) atoms. The van der Waals surface area contributed by atoms with Gasteiger partial charge in [0.15, 0.2) is 0 Å². The highest BCUT2D eigenvalue weighted by atomic mass is 16.5. The predicted octanol–water partition coefficient (Wildman–Crippen LogP) is 13.3. The molecule has 0 amide bonds. The second-order valence-corrected chi connectivity index (χ2v) is 16.7. The summed E-state index contributed by atoms with van der Waals surface area (Å²) in [5.74, 6) is 3.66. The Morgan fingerprint density at radius 3 is 2.07 bits per heavy atom. The molecule has 0 fully saturated rings. The van der Waals surface area contributed by atoms with Crippen LogP contribution >= 0.6 is 0 Å². The lowest BCUT2D eigenvalue weighted by atomic mass is 9.87. The zero-order valence-corrected chi connectivity index (χ0v) is 33.1. The number of para-hydroxylation sites is 1. The number of hydrogen-bond donors (Lipinski definition) is 0. The Bertz CT molecular complexity index is 2470. The van der Waals surface area contributed by atoms with Gasteiger partial charge in [0.05, 0.1) is 28.6 Å². The topological polar surface area (TPSA) is 46.4 Å². The van der Waals surface area contributed by atoms with Crippen molar-refractivity contribution in [2.75, 3.05) is 16.5 Å². The molecule has 1 aliphatic rings. The monoisotopic (exact) mass is 713 g/mol. The van der Waals surface area contributed by atoms with Gasteiger partial charge in [0.1, 0.15) is 24.0 Å². The van der Waals surface area contributed by atoms with Gasteiger partial charge >= 0.3 is 0 Å². The molecular formula is C48H51N5O. The van der Waals surface area contributed by atoms with Gasteiger partial charge in [-0.1, -0.05) is 98.7 Å². The van der Waals surface area contributed by atoms with Crippen LogP contribution in [-0.4, -0.2) is 21.2 Å². The fraction of sp³-hybridized carbons (Fsp3) is 0.292. The van der Waals surface area contributed by atoms with Gasteiger partial charge in [-0.25, -0.2) is 4.98 Å². The van der Waals surface area contributed by atoms with Gasteiger partial charge in [-0.05, 0) is 94.0 Å². The van der Waals surface area contributed by atoms with Gasteiger partial charge in [-0.3, -0.25) is 9.55 Å². The van der Waals surface area contributed by atoms with Crippen molar-refractivity contribution in [1.82, 2.24) is 14.5 Å². The summed E-state index contributed by atoms with van der Waals surface area (Å²) < 4.78 is 8.96. The van der Waals surface area contributed by atoms with Crippen molar-refractivity contribution in [3.8, 4) is 17.3 Å². The van der Waals surface area contributed by atoms with Crippen LogP contribution in [0, 0.1) is 0 Å². The molecule has 0 N–H and O–H groups in total. The van der Waals surface area contributed by atoms with E-state index in [1.165, 1.54) is 38.7 Å². The van der Waals surface area contributed by atoms with Crippen molar-refractivity contribution < 1.29 is 4.74 Å². The number of benzene rings is 4. The number of aromatic nitrogens is 3.